The zero-order valence-corrected chi connectivity index (χ0v) is 15.4. The van der Waals surface area contributed by atoms with E-state index in [1.165, 1.54) is 11.1 Å². The molecule has 0 fully saturated rings. The first-order valence-corrected chi connectivity index (χ1v) is 8.42. The predicted octanol–water partition coefficient (Wildman–Crippen LogP) is 3.14. The standard InChI is InChI=1S/C20H27N3O2/c1-15-9-5-6-10-17(15)14-23-20(21-3)22-13-16(2)25-19-12-8-7-11-18(19)24-4/h5-12,16H,13-14H2,1-4H3,(H2,21,22,23). The molecule has 0 spiro atoms. The monoisotopic (exact) mass is 341 g/mol. The normalized spacial score (nSPS) is 12.4. The minimum absolute atomic E-state index is 0.0340. The number of para-hydroxylation sites is 2. The molecule has 0 aromatic heterocycles. The Morgan fingerprint density at radius 2 is 1.72 bits per heavy atom. The third-order valence-electron chi connectivity index (χ3n) is 3.89. The molecule has 0 bridgehead atoms. The van der Waals surface area contributed by atoms with E-state index in [0.29, 0.717) is 6.54 Å². The molecular weight excluding hydrogens is 314 g/mol. The Hall–Kier alpha value is -2.69. The van der Waals surface area contributed by atoms with Gasteiger partial charge in [0.1, 0.15) is 6.10 Å². The van der Waals surface area contributed by atoms with Gasteiger partial charge in [-0.15, -0.1) is 0 Å². The Morgan fingerprint density at radius 1 is 1.04 bits per heavy atom. The average molecular weight is 341 g/mol. The maximum absolute atomic E-state index is 5.94. The van der Waals surface area contributed by atoms with Gasteiger partial charge in [0.05, 0.1) is 13.7 Å². The second kappa shape index (κ2) is 9.57. The summed E-state index contributed by atoms with van der Waals surface area (Å²) in [5, 5.41) is 6.62. The van der Waals surface area contributed by atoms with E-state index in [4.69, 9.17) is 9.47 Å². The molecule has 25 heavy (non-hydrogen) atoms. The summed E-state index contributed by atoms with van der Waals surface area (Å²) in [5.41, 5.74) is 2.52. The smallest absolute Gasteiger partial charge is 0.191 e. The SMILES string of the molecule is CN=C(NCc1ccccc1C)NCC(C)Oc1ccccc1OC. The largest absolute Gasteiger partial charge is 0.493 e. The van der Waals surface area contributed by atoms with Gasteiger partial charge < -0.3 is 20.1 Å². The van der Waals surface area contributed by atoms with Gasteiger partial charge in [-0.1, -0.05) is 36.4 Å². The van der Waals surface area contributed by atoms with E-state index in [9.17, 15) is 0 Å². The van der Waals surface area contributed by atoms with Gasteiger partial charge in [0.25, 0.3) is 0 Å². The summed E-state index contributed by atoms with van der Waals surface area (Å²) < 4.78 is 11.3. The van der Waals surface area contributed by atoms with Crippen molar-refractivity contribution in [1.29, 1.82) is 0 Å². The summed E-state index contributed by atoms with van der Waals surface area (Å²) in [7, 11) is 3.40. The lowest BCUT2D eigenvalue weighted by molar-refractivity contribution is 0.213. The number of rotatable bonds is 7. The number of ether oxygens (including phenoxy) is 2. The van der Waals surface area contributed by atoms with Gasteiger partial charge in [-0.3, -0.25) is 4.99 Å². The van der Waals surface area contributed by atoms with Crippen molar-refractivity contribution in [2.24, 2.45) is 4.99 Å². The number of guanidine groups is 1. The Bertz CT molecular complexity index is 701. The van der Waals surface area contributed by atoms with Crippen molar-refractivity contribution in [3.8, 4) is 11.5 Å². The molecule has 2 aromatic carbocycles. The molecule has 1 unspecified atom stereocenters. The summed E-state index contributed by atoms with van der Waals surface area (Å²) in [6.45, 7) is 5.48. The summed E-state index contributed by atoms with van der Waals surface area (Å²) in [6.07, 6.45) is -0.0340. The van der Waals surface area contributed by atoms with Crippen LogP contribution in [0.4, 0.5) is 0 Å². The fraction of sp³-hybridized carbons (Fsp3) is 0.350. The van der Waals surface area contributed by atoms with Crippen LogP contribution in [0.3, 0.4) is 0 Å². The van der Waals surface area contributed by atoms with E-state index in [-0.39, 0.29) is 6.10 Å². The number of aryl methyl sites for hydroxylation is 1. The summed E-state index contributed by atoms with van der Waals surface area (Å²) in [5.74, 6) is 2.22. The van der Waals surface area contributed by atoms with Crippen molar-refractivity contribution in [3.63, 3.8) is 0 Å². The first-order chi connectivity index (χ1) is 12.1. The fourth-order valence-corrected chi connectivity index (χ4v) is 2.42. The van der Waals surface area contributed by atoms with Crippen LogP contribution in [-0.4, -0.2) is 32.8 Å². The number of nitrogens with zero attached hydrogens (tertiary/aromatic N) is 1. The molecular formula is C20H27N3O2. The van der Waals surface area contributed by atoms with Gasteiger partial charge in [0.2, 0.25) is 0 Å². The fourth-order valence-electron chi connectivity index (χ4n) is 2.42. The van der Waals surface area contributed by atoms with Gasteiger partial charge >= 0.3 is 0 Å². The molecule has 0 heterocycles. The lowest BCUT2D eigenvalue weighted by atomic mass is 10.1. The molecule has 0 radical (unpaired) electrons. The molecule has 1 atom stereocenters. The molecule has 0 aliphatic heterocycles. The van der Waals surface area contributed by atoms with Crippen molar-refractivity contribution in [2.75, 3.05) is 20.7 Å². The molecule has 0 aliphatic rings. The average Bonchev–Trinajstić information content (AvgIpc) is 2.63. The Kier molecular flexibility index (Phi) is 7.14. The predicted molar refractivity (Wildman–Crippen MR) is 102 cm³/mol. The summed E-state index contributed by atoms with van der Waals surface area (Å²) in [6, 6.07) is 16.0. The quantitative estimate of drug-likeness (QED) is 0.600. The number of benzene rings is 2. The number of nitrogens with one attached hydrogen (secondary N) is 2. The van der Waals surface area contributed by atoms with Crippen LogP contribution in [-0.2, 0) is 6.54 Å². The maximum atomic E-state index is 5.94. The minimum Gasteiger partial charge on any atom is -0.493 e. The zero-order valence-electron chi connectivity index (χ0n) is 15.4. The van der Waals surface area contributed by atoms with Crippen molar-refractivity contribution in [3.05, 3.63) is 59.7 Å². The van der Waals surface area contributed by atoms with Gasteiger partial charge in [-0.2, -0.15) is 0 Å². The molecule has 0 saturated heterocycles. The Morgan fingerprint density at radius 3 is 2.40 bits per heavy atom. The highest BCUT2D eigenvalue weighted by molar-refractivity contribution is 5.79. The van der Waals surface area contributed by atoms with Crippen molar-refractivity contribution < 1.29 is 9.47 Å². The van der Waals surface area contributed by atoms with E-state index >= 15 is 0 Å². The van der Waals surface area contributed by atoms with Gasteiger partial charge in [-0.05, 0) is 37.1 Å². The van der Waals surface area contributed by atoms with Gasteiger partial charge in [-0.25, -0.2) is 0 Å². The number of methoxy groups -OCH3 is 1. The van der Waals surface area contributed by atoms with Gasteiger partial charge in [0.15, 0.2) is 17.5 Å². The minimum atomic E-state index is -0.0340. The Balaban J connectivity index is 1.83. The van der Waals surface area contributed by atoms with E-state index in [1.54, 1.807) is 14.2 Å². The third kappa shape index (κ3) is 5.71. The van der Waals surface area contributed by atoms with E-state index < -0.39 is 0 Å². The highest BCUT2D eigenvalue weighted by Crippen LogP contribution is 2.26. The maximum Gasteiger partial charge on any atom is 0.191 e. The Labute approximate surface area is 150 Å². The van der Waals surface area contributed by atoms with Crippen LogP contribution in [0.2, 0.25) is 0 Å². The van der Waals surface area contributed by atoms with E-state index in [0.717, 1.165) is 24.0 Å². The second-order valence-corrected chi connectivity index (χ2v) is 5.81. The topological polar surface area (TPSA) is 54.9 Å². The first kappa shape index (κ1) is 18.6. The van der Waals surface area contributed by atoms with Crippen LogP contribution in [0.15, 0.2) is 53.5 Å². The van der Waals surface area contributed by atoms with Crippen LogP contribution in [0.5, 0.6) is 11.5 Å². The highest BCUT2D eigenvalue weighted by atomic mass is 16.5. The number of hydrogen-bond donors (Lipinski definition) is 2. The molecule has 0 saturated carbocycles. The zero-order chi connectivity index (χ0) is 18.1. The molecule has 2 rings (SSSR count). The molecule has 0 aliphatic carbocycles. The van der Waals surface area contributed by atoms with Gasteiger partial charge in [0, 0.05) is 13.6 Å². The third-order valence-corrected chi connectivity index (χ3v) is 3.89. The number of aliphatic imine (C=N–C) groups is 1. The van der Waals surface area contributed by atoms with E-state index in [1.807, 2.05) is 43.3 Å². The van der Waals surface area contributed by atoms with Crippen molar-refractivity contribution in [2.45, 2.75) is 26.5 Å². The lowest BCUT2D eigenvalue weighted by Crippen LogP contribution is -2.41. The highest BCUT2D eigenvalue weighted by Gasteiger charge is 2.09. The van der Waals surface area contributed by atoms with Crippen molar-refractivity contribution >= 4 is 5.96 Å². The lowest BCUT2D eigenvalue weighted by Gasteiger charge is -2.19. The first-order valence-electron chi connectivity index (χ1n) is 8.42. The van der Waals surface area contributed by atoms with E-state index in [2.05, 4.69) is 34.7 Å². The molecule has 2 aromatic rings. The molecule has 5 heteroatoms. The van der Waals surface area contributed by atoms with Crippen LogP contribution in [0, 0.1) is 6.92 Å². The number of hydrogen-bond acceptors (Lipinski definition) is 3. The van der Waals surface area contributed by atoms with Crippen LogP contribution < -0.4 is 20.1 Å². The summed E-state index contributed by atoms with van der Waals surface area (Å²) >= 11 is 0. The molecule has 134 valence electrons. The van der Waals surface area contributed by atoms with Crippen LogP contribution in [0.1, 0.15) is 18.1 Å². The second-order valence-electron chi connectivity index (χ2n) is 5.81. The molecule has 5 nitrogen and oxygen atoms in total. The molecule has 0 amide bonds. The van der Waals surface area contributed by atoms with Crippen LogP contribution in [0.25, 0.3) is 0 Å². The van der Waals surface area contributed by atoms with Crippen molar-refractivity contribution in [1.82, 2.24) is 10.6 Å². The molecule has 2 N–H and O–H groups in total. The van der Waals surface area contributed by atoms with Crippen LogP contribution >= 0.6 is 0 Å². The summed E-state index contributed by atoms with van der Waals surface area (Å²) in [4.78, 5) is 4.26.